The summed E-state index contributed by atoms with van der Waals surface area (Å²) in [5, 5.41) is 7.04. The van der Waals surface area contributed by atoms with Crippen molar-refractivity contribution in [1.29, 1.82) is 0 Å². The van der Waals surface area contributed by atoms with Gasteiger partial charge in [-0.1, -0.05) is 42.5 Å². The number of benzene rings is 2. The van der Waals surface area contributed by atoms with E-state index in [-0.39, 0.29) is 0 Å². The molecule has 1 heterocycles. The fourth-order valence-corrected chi connectivity index (χ4v) is 2.73. The Labute approximate surface area is 132 Å². The van der Waals surface area contributed by atoms with Crippen LogP contribution in [0.1, 0.15) is 24.0 Å². The molecule has 2 aromatic rings. The molecule has 22 heavy (non-hydrogen) atoms. The van der Waals surface area contributed by atoms with Gasteiger partial charge in [0.25, 0.3) is 0 Å². The van der Waals surface area contributed by atoms with Gasteiger partial charge >= 0.3 is 0 Å². The smallest absolute Gasteiger partial charge is 0.119 e. The van der Waals surface area contributed by atoms with Gasteiger partial charge in [0, 0.05) is 19.1 Å². The topological polar surface area (TPSA) is 33.3 Å². The lowest BCUT2D eigenvalue weighted by atomic mass is 10.1. The molecule has 116 valence electrons. The van der Waals surface area contributed by atoms with E-state index in [2.05, 4.69) is 47.0 Å². The molecule has 2 N–H and O–H groups in total. The van der Waals surface area contributed by atoms with Gasteiger partial charge < -0.3 is 15.4 Å². The second kappa shape index (κ2) is 7.97. The molecule has 0 aromatic heterocycles. The minimum absolute atomic E-state index is 0.600. The minimum atomic E-state index is 0.600. The number of ether oxygens (including phenoxy) is 1. The van der Waals surface area contributed by atoms with Crippen molar-refractivity contribution < 1.29 is 4.74 Å². The molecule has 1 saturated heterocycles. The van der Waals surface area contributed by atoms with E-state index in [1.165, 1.54) is 24.0 Å². The maximum absolute atomic E-state index is 5.81. The van der Waals surface area contributed by atoms with Crippen LogP contribution in [0, 0.1) is 0 Å². The zero-order valence-corrected chi connectivity index (χ0v) is 12.9. The van der Waals surface area contributed by atoms with Gasteiger partial charge in [-0.3, -0.25) is 0 Å². The largest absolute Gasteiger partial charge is 0.489 e. The Hall–Kier alpha value is -1.84. The van der Waals surface area contributed by atoms with E-state index in [1.54, 1.807) is 0 Å². The Morgan fingerprint density at radius 2 is 1.82 bits per heavy atom. The number of hydrogen-bond donors (Lipinski definition) is 2. The van der Waals surface area contributed by atoms with E-state index in [4.69, 9.17) is 4.74 Å². The third-order valence-electron chi connectivity index (χ3n) is 4.06. The molecule has 1 aliphatic rings. The third-order valence-corrected chi connectivity index (χ3v) is 4.06. The molecule has 0 aliphatic carbocycles. The van der Waals surface area contributed by atoms with E-state index in [0.29, 0.717) is 12.6 Å². The van der Waals surface area contributed by atoms with Crippen molar-refractivity contribution in [3.05, 3.63) is 65.7 Å². The van der Waals surface area contributed by atoms with Crippen LogP contribution in [0.25, 0.3) is 0 Å². The molecule has 3 rings (SSSR count). The van der Waals surface area contributed by atoms with Gasteiger partial charge in [-0.05, 0) is 42.6 Å². The van der Waals surface area contributed by atoms with Crippen LogP contribution in [-0.4, -0.2) is 19.1 Å². The summed E-state index contributed by atoms with van der Waals surface area (Å²) >= 11 is 0. The fourth-order valence-electron chi connectivity index (χ4n) is 2.73. The van der Waals surface area contributed by atoms with Gasteiger partial charge in [-0.25, -0.2) is 0 Å². The molecule has 2 aromatic carbocycles. The molecule has 1 aliphatic heterocycles. The summed E-state index contributed by atoms with van der Waals surface area (Å²) in [5.41, 5.74) is 2.50. The molecular weight excluding hydrogens is 272 g/mol. The summed E-state index contributed by atoms with van der Waals surface area (Å²) in [6.07, 6.45) is 2.54. The molecule has 0 radical (unpaired) electrons. The molecule has 0 saturated carbocycles. The Morgan fingerprint density at radius 1 is 1.00 bits per heavy atom. The molecule has 1 unspecified atom stereocenters. The van der Waals surface area contributed by atoms with Crippen LogP contribution in [0.3, 0.4) is 0 Å². The van der Waals surface area contributed by atoms with Crippen LogP contribution in [0.5, 0.6) is 5.75 Å². The maximum Gasteiger partial charge on any atom is 0.119 e. The highest BCUT2D eigenvalue weighted by Crippen LogP contribution is 2.14. The summed E-state index contributed by atoms with van der Waals surface area (Å²) in [6.45, 7) is 3.78. The fraction of sp³-hybridized carbons (Fsp3) is 0.368. The molecule has 0 bridgehead atoms. The first-order chi connectivity index (χ1) is 10.9. The third kappa shape index (κ3) is 4.58. The zero-order valence-electron chi connectivity index (χ0n) is 12.9. The van der Waals surface area contributed by atoms with Crippen molar-refractivity contribution in [3.63, 3.8) is 0 Å². The molecular formula is C19H24N2O. The Kier molecular flexibility index (Phi) is 5.46. The predicted molar refractivity (Wildman–Crippen MR) is 89.9 cm³/mol. The molecule has 1 fully saturated rings. The van der Waals surface area contributed by atoms with E-state index in [0.717, 1.165) is 25.4 Å². The lowest BCUT2D eigenvalue weighted by molar-refractivity contribution is 0.306. The van der Waals surface area contributed by atoms with Gasteiger partial charge in [0.1, 0.15) is 12.4 Å². The van der Waals surface area contributed by atoms with Gasteiger partial charge in [0.15, 0.2) is 0 Å². The average Bonchev–Trinajstić information content (AvgIpc) is 2.61. The van der Waals surface area contributed by atoms with E-state index < -0.39 is 0 Å². The second-order valence-corrected chi connectivity index (χ2v) is 5.84. The Bertz CT molecular complexity index is 547. The summed E-state index contributed by atoms with van der Waals surface area (Å²) in [5.74, 6) is 0.923. The van der Waals surface area contributed by atoms with Crippen LogP contribution >= 0.6 is 0 Å². The summed E-state index contributed by atoms with van der Waals surface area (Å²) in [7, 11) is 0. The molecule has 3 nitrogen and oxygen atoms in total. The summed E-state index contributed by atoms with van der Waals surface area (Å²) < 4.78 is 5.81. The molecule has 1 atom stereocenters. The standard InChI is InChI=1S/C19H24N2O/c1-2-5-17(6-3-1)15-22-19-10-8-16(9-11-19)13-21-18-7-4-12-20-14-18/h1-3,5-6,8-11,18,20-21H,4,7,12-15H2. The lowest BCUT2D eigenvalue weighted by Gasteiger charge is -2.23. The van der Waals surface area contributed by atoms with Crippen LogP contribution < -0.4 is 15.4 Å². The predicted octanol–water partition coefficient (Wildman–Crippen LogP) is 3.11. The van der Waals surface area contributed by atoms with Crippen LogP contribution in [0.15, 0.2) is 54.6 Å². The van der Waals surface area contributed by atoms with Gasteiger partial charge in [0.05, 0.1) is 0 Å². The van der Waals surface area contributed by atoms with Crippen molar-refractivity contribution >= 4 is 0 Å². The van der Waals surface area contributed by atoms with Gasteiger partial charge in [-0.15, -0.1) is 0 Å². The summed E-state index contributed by atoms with van der Waals surface area (Å²) in [6, 6.07) is 19.2. The van der Waals surface area contributed by atoms with Crippen LogP contribution in [0.2, 0.25) is 0 Å². The van der Waals surface area contributed by atoms with Crippen molar-refractivity contribution in [1.82, 2.24) is 10.6 Å². The highest BCUT2D eigenvalue weighted by Gasteiger charge is 2.11. The molecule has 0 amide bonds. The quantitative estimate of drug-likeness (QED) is 0.859. The Balaban J connectivity index is 1.45. The van der Waals surface area contributed by atoms with E-state index in [9.17, 15) is 0 Å². The Morgan fingerprint density at radius 3 is 2.55 bits per heavy atom. The lowest BCUT2D eigenvalue weighted by Crippen LogP contribution is -2.42. The highest BCUT2D eigenvalue weighted by molar-refractivity contribution is 5.27. The number of nitrogens with one attached hydrogen (secondary N) is 2. The summed E-state index contributed by atoms with van der Waals surface area (Å²) in [4.78, 5) is 0. The van der Waals surface area contributed by atoms with E-state index >= 15 is 0 Å². The van der Waals surface area contributed by atoms with Gasteiger partial charge in [-0.2, -0.15) is 0 Å². The second-order valence-electron chi connectivity index (χ2n) is 5.84. The minimum Gasteiger partial charge on any atom is -0.489 e. The maximum atomic E-state index is 5.81. The van der Waals surface area contributed by atoms with Crippen molar-refractivity contribution in [2.45, 2.75) is 32.0 Å². The molecule has 0 spiro atoms. The van der Waals surface area contributed by atoms with E-state index in [1.807, 2.05) is 18.2 Å². The first-order valence-electron chi connectivity index (χ1n) is 8.10. The first-order valence-corrected chi connectivity index (χ1v) is 8.10. The normalized spacial score (nSPS) is 18.1. The van der Waals surface area contributed by atoms with Crippen molar-refractivity contribution in [2.75, 3.05) is 13.1 Å². The highest BCUT2D eigenvalue weighted by atomic mass is 16.5. The van der Waals surface area contributed by atoms with Crippen molar-refractivity contribution in [2.24, 2.45) is 0 Å². The first kappa shape index (κ1) is 15.1. The monoisotopic (exact) mass is 296 g/mol. The van der Waals surface area contributed by atoms with Crippen LogP contribution in [-0.2, 0) is 13.2 Å². The zero-order chi connectivity index (χ0) is 15.0. The average molecular weight is 296 g/mol. The number of rotatable bonds is 6. The number of piperidine rings is 1. The van der Waals surface area contributed by atoms with Crippen molar-refractivity contribution in [3.8, 4) is 5.75 Å². The van der Waals surface area contributed by atoms with Crippen LogP contribution in [0.4, 0.5) is 0 Å². The molecule has 3 heteroatoms. The van der Waals surface area contributed by atoms with Gasteiger partial charge in [0.2, 0.25) is 0 Å². The SMILES string of the molecule is c1ccc(COc2ccc(CNC3CCCNC3)cc2)cc1. The number of hydrogen-bond acceptors (Lipinski definition) is 3.